The summed E-state index contributed by atoms with van der Waals surface area (Å²) in [4.78, 5) is 14.9. The lowest BCUT2D eigenvalue weighted by molar-refractivity contribution is -0.122. The van der Waals surface area contributed by atoms with Gasteiger partial charge in [0.25, 0.3) is 0 Å². The number of aryl methyl sites for hydroxylation is 1. The number of nitrogens with zero attached hydrogens (tertiary/aromatic N) is 2. The minimum absolute atomic E-state index is 0.177. The van der Waals surface area contributed by atoms with E-state index in [1.807, 2.05) is 12.5 Å². The fourth-order valence-corrected chi connectivity index (χ4v) is 1.89. The number of amides is 1. The Morgan fingerprint density at radius 2 is 2.56 bits per heavy atom. The van der Waals surface area contributed by atoms with E-state index in [1.165, 1.54) is 0 Å². The van der Waals surface area contributed by atoms with Crippen LogP contribution in [0, 0.1) is 0 Å². The zero-order valence-electron chi connectivity index (χ0n) is 9.35. The minimum atomic E-state index is 0.177. The summed E-state index contributed by atoms with van der Waals surface area (Å²) in [6.45, 7) is 2.74. The van der Waals surface area contributed by atoms with Crippen LogP contribution in [0.1, 0.15) is 19.3 Å². The molecule has 88 valence electrons. The van der Waals surface area contributed by atoms with Gasteiger partial charge in [0.1, 0.15) is 0 Å². The van der Waals surface area contributed by atoms with Gasteiger partial charge in [0.15, 0.2) is 0 Å². The second kappa shape index (κ2) is 5.65. The summed E-state index contributed by atoms with van der Waals surface area (Å²) in [5, 5.41) is 6.33. The average Bonchev–Trinajstić information content (AvgIpc) is 2.80. The van der Waals surface area contributed by atoms with E-state index in [1.54, 1.807) is 6.20 Å². The molecule has 1 atom stereocenters. The first-order valence-corrected chi connectivity index (χ1v) is 5.80. The molecule has 2 rings (SSSR count). The maximum absolute atomic E-state index is 10.9. The highest BCUT2D eigenvalue weighted by Gasteiger charge is 2.16. The van der Waals surface area contributed by atoms with Crippen molar-refractivity contribution in [1.82, 2.24) is 20.2 Å². The van der Waals surface area contributed by atoms with Crippen LogP contribution >= 0.6 is 0 Å². The van der Waals surface area contributed by atoms with Crippen LogP contribution < -0.4 is 10.6 Å². The molecule has 0 bridgehead atoms. The van der Waals surface area contributed by atoms with Gasteiger partial charge in [-0.05, 0) is 19.4 Å². The molecule has 5 nitrogen and oxygen atoms in total. The van der Waals surface area contributed by atoms with Crippen LogP contribution in [0.3, 0.4) is 0 Å². The molecule has 1 amide bonds. The third-order valence-corrected chi connectivity index (χ3v) is 2.85. The molecule has 1 fully saturated rings. The van der Waals surface area contributed by atoms with Crippen LogP contribution in [-0.4, -0.2) is 34.6 Å². The fourth-order valence-electron chi connectivity index (χ4n) is 1.89. The Hall–Kier alpha value is -1.36. The number of hydrogen-bond acceptors (Lipinski definition) is 3. The fraction of sp³-hybridized carbons (Fsp3) is 0.636. The number of piperidine rings is 1. The third kappa shape index (κ3) is 3.34. The van der Waals surface area contributed by atoms with Gasteiger partial charge in [-0.25, -0.2) is 4.98 Å². The van der Waals surface area contributed by atoms with E-state index in [-0.39, 0.29) is 5.91 Å². The highest BCUT2D eigenvalue weighted by Crippen LogP contribution is 2.02. The van der Waals surface area contributed by atoms with Crippen molar-refractivity contribution in [2.75, 3.05) is 13.1 Å². The molecule has 0 aliphatic carbocycles. The Bertz CT molecular complexity index is 313. The van der Waals surface area contributed by atoms with Crippen molar-refractivity contribution in [1.29, 1.82) is 0 Å². The highest BCUT2D eigenvalue weighted by atomic mass is 16.1. The molecule has 1 aliphatic heterocycles. The lowest BCUT2D eigenvalue weighted by Crippen LogP contribution is -2.46. The Morgan fingerprint density at radius 3 is 3.25 bits per heavy atom. The summed E-state index contributed by atoms with van der Waals surface area (Å²) in [6.07, 6.45) is 8.29. The van der Waals surface area contributed by atoms with E-state index in [2.05, 4.69) is 20.2 Å². The number of nitrogens with one attached hydrogen (secondary N) is 2. The van der Waals surface area contributed by atoms with E-state index in [0.717, 1.165) is 32.5 Å². The van der Waals surface area contributed by atoms with Crippen LogP contribution in [0.5, 0.6) is 0 Å². The predicted molar refractivity (Wildman–Crippen MR) is 60.9 cm³/mol. The van der Waals surface area contributed by atoms with Gasteiger partial charge < -0.3 is 15.2 Å². The largest absolute Gasteiger partial charge is 0.355 e. The van der Waals surface area contributed by atoms with Gasteiger partial charge in [0, 0.05) is 37.9 Å². The van der Waals surface area contributed by atoms with Crippen molar-refractivity contribution < 1.29 is 4.79 Å². The number of aromatic nitrogens is 2. The molecular weight excluding hydrogens is 204 g/mol. The van der Waals surface area contributed by atoms with E-state index >= 15 is 0 Å². The van der Waals surface area contributed by atoms with E-state index in [0.29, 0.717) is 12.5 Å². The van der Waals surface area contributed by atoms with Gasteiger partial charge in [-0.1, -0.05) is 0 Å². The van der Waals surface area contributed by atoms with Crippen LogP contribution in [-0.2, 0) is 11.3 Å². The molecule has 2 heterocycles. The Kier molecular flexibility index (Phi) is 3.93. The standard InChI is InChI=1S/C11H18N4O/c16-11-3-2-10(8-14-11)13-4-1-6-15-7-5-12-9-15/h5,7,9-10,13H,1-4,6,8H2,(H,14,16). The van der Waals surface area contributed by atoms with Gasteiger partial charge in [0.2, 0.25) is 5.91 Å². The first kappa shape index (κ1) is 11.1. The van der Waals surface area contributed by atoms with Crippen molar-refractivity contribution in [3.63, 3.8) is 0 Å². The van der Waals surface area contributed by atoms with Gasteiger partial charge >= 0.3 is 0 Å². The lowest BCUT2D eigenvalue weighted by atomic mass is 10.1. The highest BCUT2D eigenvalue weighted by molar-refractivity contribution is 5.76. The maximum atomic E-state index is 10.9. The number of imidazole rings is 1. The topological polar surface area (TPSA) is 59.0 Å². The molecule has 1 aliphatic rings. The monoisotopic (exact) mass is 222 g/mol. The third-order valence-electron chi connectivity index (χ3n) is 2.85. The summed E-state index contributed by atoms with van der Waals surface area (Å²) in [5.74, 6) is 0.177. The zero-order valence-corrected chi connectivity index (χ0v) is 9.35. The van der Waals surface area contributed by atoms with E-state index < -0.39 is 0 Å². The van der Waals surface area contributed by atoms with Gasteiger partial charge in [0.05, 0.1) is 6.33 Å². The summed E-state index contributed by atoms with van der Waals surface area (Å²) >= 11 is 0. The summed E-state index contributed by atoms with van der Waals surface area (Å²) in [5.41, 5.74) is 0. The van der Waals surface area contributed by atoms with Gasteiger partial charge in [-0.2, -0.15) is 0 Å². The van der Waals surface area contributed by atoms with Crippen LogP contribution in [0.2, 0.25) is 0 Å². The molecule has 0 saturated carbocycles. The summed E-state index contributed by atoms with van der Waals surface area (Å²) in [7, 11) is 0. The molecule has 16 heavy (non-hydrogen) atoms. The smallest absolute Gasteiger partial charge is 0.220 e. The van der Waals surface area contributed by atoms with Crippen molar-refractivity contribution in [3.8, 4) is 0 Å². The molecule has 5 heteroatoms. The summed E-state index contributed by atoms with van der Waals surface area (Å²) in [6, 6.07) is 0.445. The van der Waals surface area contributed by atoms with Crippen molar-refractivity contribution in [3.05, 3.63) is 18.7 Å². The summed E-state index contributed by atoms with van der Waals surface area (Å²) < 4.78 is 2.07. The zero-order chi connectivity index (χ0) is 11.2. The molecule has 1 saturated heterocycles. The van der Waals surface area contributed by atoms with Gasteiger partial charge in [-0.15, -0.1) is 0 Å². The van der Waals surface area contributed by atoms with Crippen LogP contribution in [0.4, 0.5) is 0 Å². The number of rotatable bonds is 5. The predicted octanol–water partition coefficient (Wildman–Crippen LogP) is 0.141. The van der Waals surface area contributed by atoms with Crippen LogP contribution in [0.15, 0.2) is 18.7 Å². The van der Waals surface area contributed by atoms with E-state index in [9.17, 15) is 4.79 Å². The van der Waals surface area contributed by atoms with Crippen LogP contribution in [0.25, 0.3) is 0 Å². The van der Waals surface area contributed by atoms with E-state index in [4.69, 9.17) is 0 Å². The molecule has 0 aromatic carbocycles. The number of carbonyl (C=O) groups is 1. The van der Waals surface area contributed by atoms with Crippen molar-refractivity contribution in [2.45, 2.75) is 31.8 Å². The molecule has 0 spiro atoms. The first-order valence-electron chi connectivity index (χ1n) is 5.80. The maximum Gasteiger partial charge on any atom is 0.220 e. The lowest BCUT2D eigenvalue weighted by Gasteiger charge is -2.23. The Morgan fingerprint density at radius 1 is 1.62 bits per heavy atom. The molecule has 1 unspecified atom stereocenters. The first-order chi connectivity index (χ1) is 7.84. The molecular formula is C11H18N4O. The average molecular weight is 222 g/mol. The molecule has 0 radical (unpaired) electrons. The van der Waals surface area contributed by atoms with Crippen molar-refractivity contribution in [2.24, 2.45) is 0 Å². The molecule has 2 N–H and O–H groups in total. The minimum Gasteiger partial charge on any atom is -0.355 e. The second-order valence-corrected chi connectivity index (χ2v) is 4.15. The molecule has 1 aromatic rings. The Labute approximate surface area is 95.2 Å². The van der Waals surface area contributed by atoms with Crippen molar-refractivity contribution >= 4 is 5.91 Å². The Balaban J connectivity index is 1.56. The normalized spacial score (nSPS) is 20.8. The second-order valence-electron chi connectivity index (χ2n) is 4.15. The molecule has 1 aromatic heterocycles. The number of carbonyl (C=O) groups excluding carboxylic acids is 1. The number of hydrogen-bond donors (Lipinski definition) is 2. The quantitative estimate of drug-likeness (QED) is 0.697. The van der Waals surface area contributed by atoms with Gasteiger partial charge in [-0.3, -0.25) is 4.79 Å². The SMILES string of the molecule is O=C1CCC(NCCCn2ccnc2)CN1.